The number of nitrogens with zero attached hydrogens (tertiary/aromatic N) is 4. The normalized spacial score (nSPS) is 10.5. The third kappa shape index (κ3) is 1.25. The van der Waals surface area contributed by atoms with Gasteiger partial charge in [0, 0.05) is 0 Å². The highest BCUT2D eigenvalue weighted by Gasteiger charge is 2.03. The molecule has 0 aliphatic rings. The van der Waals surface area contributed by atoms with Gasteiger partial charge in [-0.05, 0) is 15.9 Å². The van der Waals surface area contributed by atoms with E-state index >= 15 is 0 Å². The molecule has 0 atom stereocenters. The van der Waals surface area contributed by atoms with Crippen molar-refractivity contribution in [3.05, 3.63) is 22.3 Å². The summed E-state index contributed by atoms with van der Waals surface area (Å²) in [5.41, 5.74) is 1.01. The molecule has 6 heteroatoms. The monoisotopic (exact) mass is 244 g/mol. The van der Waals surface area contributed by atoms with Crippen LogP contribution in [0.1, 0.15) is 0 Å². The van der Waals surface area contributed by atoms with Crippen LogP contribution in [0, 0.1) is 0 Å². The number of aromatic nitrogens is 4. The van der Waals surface area contributed by atoms with E-state index in [1.807, 2.05) is 0 Å². The van der Waals surface area contributed by atoms with E-state index < -0.39 is 0 Å². The zero-order valence-electron chi connectivity index (χ0n) is 5.70. The van der Waals surface area contributed by atoms with Crippen molar-refractivity contribution in [1.29, 1.82) is 0 Å². The minimum absolute atomic E-state index is 0.314. The van der Waals surface area contributed by atoms with Crippen LogP contribution < -0.4 is 0 Å². The lowest BCUT2D eigenvalue weighted by molar-refractivity contribution is 1.13. The zero-order chi connectivity index (χ0) is 8.55. The molecule has 0 aliphatic heterocycles. The van der Waals surface area contributed by atoms with Gasteiger partial charge in [-0.1, -0.05) is 11.6 Å². The molecule has 0 bridgehead atoms. The predicted molar refractivity (Wildman–Crippen MR) is 47.8 cm³/mol. The molecule has 0 N–H and O–H groups in total. The van der Waals surface area contributed by atoms with Gasteiger partial charge in [0.2, 0.25) is 0 Å². The lowest BCUT2D eigenvalue weighted by atomic mass is 10.5. The molecule has 60 valence electrons. The molecule has 2 aromatic rings. The molecule has 2 aromatic heterocycles. The van der Waals surface area contributed by atoms with E-state index in [2.05, 4.69) is 35.9 Å². The van der Waals surface area contributed by atoms with Gasteiger partial charge in [0.15, 0.2) is 10.8 Å². The summed E-state index contributed by atoms with van der Waals surface area (Å²) in [6.07, 6.45) is 2.92. The van der Waals surface area contributed by atoms with Crippen molar-refractivity contribution in [2.45, 2.75) is 0 Å². The molecule has 0 saturated heterocycles. The van der Waals surface area contributed by atoms with Crippen LogP contribution in [0.25, 0.3) is 11.2 Å². The fourth-order valence-electron chi connectivity index (χ4n) is 0.789. The Kier molecular flexibility index (Phi) is 1.90. The zero-order valence-corrected chi connectivity index (χ0v) is 8.04. The van der Waals surface area contributed by atoms with Crippen LogP contribution in [0.5, 0.6) is 0 Å². The van der Waals surface area contributed by atoms with Crippen molar-refractivity contribution in [3.63, 3.8) is 0 Å². The second-order valence-corrected chi connectivity index (χ2v) is 3.20. The van der Waals surface area contributed by atoms with Crippen LogP contribution in [0.4, 0.5) is 0 Å². The Labute approximate surface area is 81.2 Å². The summed E-state index contributed by atoms with van der Waals surface area (Å²) in [5.74, 6) is 0. The third-order valence-corrected chi connectivity index (χ3v) is 1.93. The summed E-state index contributed by atoms with van der Waals surface area (Å²) in [4.78, 5) is 15.7. The molecule has 0 aliphatic carbocycles. The summed E-state index contributed by atoms with van der Waals surface area (Å²) in [7, 11) is 0. The Hall–Kier alpha value is -0.810. The highest BCUT2D eigenvalue weighted by Crippen LogP contribution is 2.16. The molecule has 0 amide bonds. The lowest BCUT2D eigenvalue weighted by Crippen LogP contribution is -1.90. The van der Waals surface area contributed by atoms with Crippen LogP contribution in [0.2, 0.25) is 5.15 Å². The van der Waals surface area contributed by atoms with Crippen LogP contribution in [-0.4, -0.2) is 19.9 Å². The summed E-state index contributed by atoms with van der Waals surface area (Å²) < 4.78 is 0.617. The molecule has 0 radical (unpaired) electrons. The number of halogens is 2. The Balaban J connectivity index is 2.88. The first-order chi connectivity index (χ1) is 5.77. The highest BCUT2D eigenvalue weighted by atomic mass is 79.9. The van der Waals surface area contributed by atoms with Crippen molar-refractivity contribution >= 4 is 38.7 Å². The Morgan fingerprint density at radius 3 is 2.92 bits per heavy atom. The van der Waals surface area contributed by atoms with Crippen LogP contribution in [0.15, 0.2) is 17.1 Å². The van der Waals surface area contributed by atoms with E-state index in [0.29, 0.717) is 20.9 Å². The molecule has 0 spiro atoms. The average molecular weight is 245 g/mol. The maximum absolute atomic E-state index is 5.75. The Morgan fingerprint density at radius 2 is 2.08 bits per heavy atom. The van der Waals surface area contributed by atoms with Crippen LogP contribution in [-0.2, 0) is 0 Å². The Morgan fingerprint density at radius 1 is 1.25 bits per heavy atom. The van der Waals surface area contributed by atoms with Gasteiger partial charge in [0.1, 0.15) is 16.4 Å². The molecule has 0 aromatic carbocycles. The van der Waals surface area contributed by atoms with E-state index in [1.54, 1.807) is 6.20 Å². The van der Waals surface area contributed by atoms with Crippen LogP contribution in [0.3, 0.4) is 0 Å². The second kappa shape index (κ2) is 2.91. The van der Waals surface area contributed by atoms with E-state index in [-0.39, 0.29) is 0 Å². The molecular weight excluding hydrogens is 243 g/mol. The van der Waals surface area contributed by atoms with Gasteiger partial charge in [-0.25, -0.2) is 19.9 Å². The van der Waals surface area contributed by atoms with Crippen molar-refractivity contribution in [1.82, 2.24) is 19.9 Å². The highest BCUT2D eigenvalue weighted by molar-refractivity contribution is 9.10. The topological polar surface area (TPSA) is 51.6 Å². The maximum atomic E-state index is 5.75. The van der Waals surface area contributed by atoms with Crippen LogP contribution >= 0.6 is 27.5 Å². The molecule has 0 unspecified atom stereocenters. The predicted octanol–water partition coefficient (Wildman–Crippen LogP) is 1.84. The molecule has 2 rings (SSSR count). The van der Waals surface area contributed by atoms with Gasteiger partial charge in [-0.2, -0.15) is 0 Å². The first kappa shape index (κ1) is 7.82. The van der Waals surface area contributed by atoms with Gasteiger partial charge in [0.05, 0.1) is 6.20 Å². The summed E-state index contributed by atoms with van der Waals surface area (Å²) in [6, 6.07) is 0. The van der Waals surface area contributed by atoms with E-state index in [1.165, 1.54) is 6.33 Å². The largest absolute Gasteiger partial charge is 0.233 e. The lowest BCUT2D eigenvalue weighted by Gasteiger charge is -1.95. The SMILES string of the molecule is Clc1ncnc2ncc(Br)nc12. The van der Waals surface area contributed by atoms with Crippen molar-refractivity contribution in [3.8, 4) is 0 Å². The summed E-state index contributed by atoms with van der Waals surface area (Å²) >= 11 is 8.93. The first-order valence-electron chi connectivity index (χ1n) is 3.06. The molecule has 12 heavy (non-hydrogen) atoms. The maximum Gasteiger partial charge on any atom is 0.182 e. The molecular formula is C6H2BrClN4. The van der Waals surface area contributed by atoms with E-state index in [9.17, 15) is 0 Å². The Bertz CT molecular complexity index is 433. The fourth-order valence-corrected chi connectivity index (χ4v) is 1.24. The number of hydrogen-bond acceptors (Lipinski definition) is 4. The van der Waals surface area contributed by atoms with E-state index in [0.717, 1.165) is 0 Å². The minimum atomic E-state index is 0.314. The summed E-state index contributed by atoms with van der Waals surface area (Å²) in [6.45, 7) is 0. The van der Waals surface area contributed by atoms with Gasteiger partial charge >= 0.3 is 0 Å². The average Bonchev–Trinajstić information content (AvgIpc) is 2.07. The van der Waals surface area contributed by atoms with Crippen molar-refractivity contribution in [2.24, 2.45) is 0 Å². The summed E-state index contributed by atoms with van der Waals surface area (Å²) in [5, 5.41) is 0.314. The number of rotatable bonds is 0. The standard InChI is InChI=1S/C6H2BrClN4/c7-3-1-9-6-4(12-3)5(8)10-2-11-6/h1-2H. The molecule has 0 fully saturated rings. The number of fused-ring (bicyclic) bond motifs is 1. The van der Waals surface area contributed by atoms with Gasteiger partial charge in [-0.3, -0.25) is 0 Å². The molecule has 4 nitrogen and oxygen atoms in total. The van der Waals surface area contributed by atoms with E-state index in [4.69, 9.17) is 11.6 Å². The fraction of sp³-hybridized carbons (Fsp3) is 0. The number of hydrogen-bond donors (Lipinski definition) is 0. The smallest absolute Gasteiger partial charge is 0.182 e. The van der Waals surface area contributed by atoms with Gasteiger partial charge in [0.25, 0.3) is 0 Å². The minimum Gasteiger partial charge on any atom is -0.233 e. The van der Waals surface area contributed by atoms with Gasteiger partial charge < -0.3 is 0 Å². The quantitative estimate of drug-likeness (QED) is 0.665. The third-order valence-electron chi connectivity index (χ3n) is 1.27. The van der Waals surface area contributed by atoms with Crippen molar-refractivity contribution < 1.29 is 0 Å². The first-order valence-corrected chi connectivity index (χ1v) is 4.23. The van der Waals surface area contributed by atoms with Crippen molar-refractivity contribution in [2.75, 3.05) is 0 Å². The van der Waals surface area contributed by atoms with Gasteiger partial charge in [-0.15, -0.1) is 0 Å². The molecule has 0 saturated carbocycles. The molecule has 2 heterocycles. The second-order valence-electron chi connectivity index (χ2n) is 2.03.